The molecule has 2 rings (SSSR count). The minimum absolute atomic E-state index is 0.0101. The van der Waals surface area contributed by atoms with Gasteiger partial charge in [-0.1, -0.05) is 62.4 Å². The van der Waals surface area contributed by atoms with Crippen molar-refractivity contribution in [2.75, 3.05) is 6.61 Å². The number of nitrogens with one attached hydrogen (secondary N) is 1. The number of benzene rings is 2. The third kappa shape index (κ3) is 6.30. The number of primary amides is 1. The Morgan fingerprint density at radius 1 is 1.10 bits per heavy atom. The van der Waals surface area contributed by atoms with Gasteiger partial charge in [-0.3, -0.25) is 10.1 Å². The predicted molar refractivity (Wildman–Crippen MR) is 107 cm³/mol. The lowest BCUT2D eigenvalue weighted by Gasteiger charge is -2.27. The summed E-state index contributed by atoms with van der Waals surface area (Å²) < 4.78 is 41.1. The first-order valence-electron chi connectivity index (χ1n) is 9.54. The van der Waals surface area contributed by atoms with Gasteiger partial charge in [-0.15, -0.1) is 0 Å². The molecular weight excluding hydrogens is 381 g/mol. The zero-order valence-electron chi connectivity index (χ0n) is 16.5. The van der Waals surface area contributed by atoms with E-state index in [1.807, 2.05) is 38.1 Å². The first-order valence-corrected chi connectivity index (χ1v) is 9.54. The molecule has 158 valence electrons. The van der Waals surface area contributed by atoms with Crippen LogP contribution in [0.25, 0.3) is 11.1 Å². The van der Waals surface area contributed by atoms with Gasteiger partial charge in [0.2, 0.25) is 5.91 Å². The number of alkyl halides is 3. The van der Waals surface area contributed by atoms with E-state index >= 15 is 0 Å². The average Bonchev–Trinajstić information content (AvgIpc) is 2.64. The van der Waals surface area contributed by atoms with Gasteiger partial charge in [0.05, 0.1) is 6.04 Å². The third-order valence-electron chi connectivity index (χ3n) is 4.70. The van der Waals surface area contributed by atoms with E-state index in [0.29, 0.717) is 6.42 Å². The van der Waals surface area contributed by atoms with E-state index in [2.05, 4.69) is 5.32 Å². The Hall–Kier alpha value is -2.38. The summed E-state index contributed by atoms with van der Waals surface area (Å²) >= 11 is 0. The number of aliphatic hydroxyl groups is 1. The molecule has 0 aromatic heterocycles. The van der Waals surface area contributed by atoms with Crippen molar-refractivity contribution < 1.29 is 23.1 Å². The summed E-state index contributed by atoms with van der Waals surface area (Å²) in [7, 11) is 0. The van der Waals surface area contributed by atoms with Crippen LogP contribution in [0, 0.1) is 5.92 Å². The van der Waals surface area contributed by atoms with Crippen LogP contribution in [-0.4, -0.2) is 29.8 Å². The molecular formula is C22H27F3N2O2. The zero-order valence-corrected chi connectivity index (χ0v) is 16.5. The van der Waals surface area contributed by atoms with Crippen LogP contribution in [0.1, 0.15) is 37.4 Å². The molecule has 0 unspecified atom stereocenters. The number of rotatable bonds is 9. The summed E-state index contributed by atoms with van der Waals surface area (Å²) in [5.41, 5.74) is 7.85. The molecule has 7 heteroatoms. The van der Waals surface area contributed by atoms with Crippen molar-refractivity contribution in [3.8, 4) is 11.1 Å². The molecule has 0 bridgehead atoms. The Morgan fingerprint density at radius 3 is 2.24 bits per heavy atom. The Balaban J connectivity index is 2.33. The molecule has 4 N–H and O–H groups in total. The summed E-state index contributed by atoms with van der Waals surface area (Å²) in [5, 5.41) is 11.6. The number of aliphatic hydroxyl groups excluding tert-OH is 1. The number of carbonyl (C=O) groups is 1. The number of halogens is 3. The molecule has 2 aromatic rings. The van der Waals surface area contributed by atoms with Crippen molar-refractivity contribution in [3.63, 3.8) is 0 Å². The average molecular weight is 408 g/mol. The van der Waals surface area contributed by atoms with Gasteiger partial charge in [-0.25, -0.2) is 0 Å². The van der Waals surface area contributed by atoms with Crippen LogP contribution in [-0.2, 0) is 11.2 Å². The second-order valence-corrected chi connectivity index (χ2v) is 7.48. The smallest absolute Gasteiger partial charge is 0.396 e. The van der Waals surface area contributed by atoms with Crippen LogP contribution in [0.5, 0.6) is 0 Å². The number of nitrogens with two attached hydrogens (primary N) is 1. The number of hydrogen-bond donors (Lipinski definition) is 3. The minimum atomic E-state index is -4.58. The van der Waals surface area contributed by atoms with Gasteiger partial charge < -0.3 is 10.8 Å². The van der Waals surface area contributed by atoms with Crippen LogP contribution in [0.4, 0.5) is 13.2 Å². The highest BCUT2D eigenvalue weighted by Crippen LogP contribution is 2.35. The zero-order chi connectivity index (χ0) is 21.6. The topological polar surface area (TPSA) is 75.3 Å². The third-order valence-corrected chi connectivity index (χ3v) is 4.70. The highest BCUT2D eigenvalue weighted by atomic mass is 19.4. The van der Waals surface area contributed by atoms with Crippen molar-refractivity contribution in [1.82, 2.24) is 5.32 Å². The van der Waals surface area contributed by atoms with Crippen LogP contribution < -0.4 is 11.1 Å². The van der Waals surface area contributed by atoms with E-state index in [9.17, 15) is 23.1 Å². The molecule has 0 saturated heterocycles. The van der Waals surface area contributed by atoms with E-state index in [1.165, 1.54) is 12.1 Å². The first kappa shape index (κ1) is 22.9. The first-order chi connectivity index (χ1) is 13.6. The molecule has 0 aliphatic rings. The lowest BCUT2D eigenvalue weighted by atomic mass is 9.95. The van der Waals surface area contributed by atoms with Crippen molar-refractivity contribution in [3.05, 3.63) is 59.7 Å². The lowest BCUT2D eigenvalue weighted by Crippen LogP contribution is -2.47. The largest absolute Gasteiger partial charge is 0.407 e. The van der Waals surface area contributed by atoms with Crippen LogP contribution in [0.15, 0.2) is 48.5 Å². The normalized spacial score (nSPS) is 14.0. The van der Waals surface area contributed by atoms with Crippen molar-refractivity contribution in [2.45, 2.75) is 44.9 Å². The quantitative estimate of drug-likeness (QED) is 0.588. The predicted octanol–water partition coefficient (Wildman–Crippen LogP) is 3.98. The van der Waals surface area contributed by atoms with E-state index in [1.54, 1.807) is 12.1 Å². The molecule has 29 heavy (non-hydrogen) atoms. The van der Waals surface area contributed by atoms with Gasteiger partial charge in [-0.05, 0) is 41.0 Å². The maximum absolute atomic E-state index is 13.7. The molecule has 1 amide bonds. The van der Waals surface area contributed by atoms with Crippen LogP contribution in [0.2, 0.25) is 0 Å². The summed E-state index contributed by atoms with van der Waals surface area (Å²) in [5.74, 6) is -0.790. The molecule has 4 nitrogen and oxygen atoms in total. The van der Waals surface area contributed by atoms with Gasteiger partial charge in [0.25, 0.3) is 0 Å². The maximum Gasteiger partial charge on any atom is 0.407 e. The molecule has 2 aromatic carbocycles. The van der Waals surface area contributed by atoms with Gasteiger partial charge in [0.1, 0.15) is 6.04 Å². The summed E-state index contributed by atoms with van der Waals surface area (Å²) in [6.45, 7) is 3.62. The van der Waals surface area contributed by atoms with E-state index < -0.39 is 24.2 Å². The number of carbonyl (C=O) groups excluding carboxylic acids is 1. The molecule has 0 spiro atoms. The maximum atomic E-state index is 13.7. The highest BCUT2D eigenvalue weighted by Gasteiger charge is 2.42. The SMILES string of the molecule is CC(C)C[C@H](N[C@@H](c1ccc(-c2ccccc2CCO)cc1)C(F)(F)F)C(N)=O. The Labute approximate surface area is 168 Å². The molecule has 0 aliphatic carbocycles. The van der Waals surface area contributed by atoms with E-state index in [-0.39, 0.29) is 24.5 Å². The Kier molecular flexibility index (Phi) is 7.81. The van der Waals surface area contributed by atoms with Gasteiger partial charge in [0, 0.05) is 6.61 Å². The molecule has 0 fully saturated rings. The molecule has 2 atom stereocenters. The van der Waals surface area contributed by atoms with Crippen molar-refractivity contribution >= 4 is 5.91 Å². The Morgan fingerprint density at radius 2 is 1.72 bits per heavy atom. The second kappa shape index (κ2) is 9.89. The van der Waals surface area contributed by atoms with Gasteiger partial charge in [0.15, 0.2) is 0 Å². The van der Waals surface area contributed by atoms with Gasteiger partial charge in [-0.2, -0.15) is 13.2 Å². The Bertz CT molecular complexity index is 804. The standard InChI is InChI=1S/C22H27F3N2O2/c1-14(2)13-19(21(26)29)27-20(22(23,24)25)17-9-7-16(8-10-17)18-6-4-3-5-15(18)11-12-28/h3-10,14,19-20,27-28H,11-13H2,1-2H3,(H2,26,29)/t19-,20-/m0/s1. The summed E-state index contributed by atoms with van der Waals surface area (Å²) in [4.78, 5) is 11.6. The fourth-order valence-electron chi connectivity index (χ4n) is 3.31. The summed E-state index contributed by atoms with van der Waals surface area (Å²) in [6, 6.07) is 10.4. The minimum Gasteiger partial charge on any atom is -0.396 e. The fraction of sp³-hybridized carbons (Fsp3) is 0.409. The molecule has 0 saturated carbocycles. The molecule has 0 heterocycles. The monoisotopic (exact) mass is 408 g/mol. The highest BCUT2D eigenvalue weighted by molar-refractivity contribution is 5.80. The summed E-state index contributed by atoms with van der Waals surface area (Å²) in [6.07, 6.45) is -3.91. The van der Waals surface area contributed by atoms with E-state index in [0.717, 1.165) is 16.7 Å². The molecule has 0 aliphatic heterocycles. The van der Waals surface area contributed by atoms with Gasteiger partial charge >= 0.3 is 6.18 Å². The lowest BCUT2D eigenvalue weighted by molar-refractivity contribution is -0.160. The second-order valence-electron chi connectivity index (χ2n) is 7.48. The number of amides is 1. The van der Waals surface area contributed by atoms with Crippen LogP contribution >= 0.6 is 0 Å². The van der Waals surface area contributed by atoms with Crippen LogP contribution in [0.3, 0.4) is 0 Å². The van der Waals surface area contributed by atoms with E-state index in [4.69, 9.17) is 5.73 Å². The molecule has 0 radical (unpaired) electrons. The van der Waals surface area contributed by atoms with Crippen molar-refractivity contribution in [2.24, 2.45) is 11.7 Å². The number of hydrogen-bond acceptors (Lipinski definition) is 3. The van der Waals surface area contributed by atoms with Crippen molar-refractivity contribution in [1.29, 1.82) is 0 Å². The fourth-order valence-corrected chi connectivity index (χ4v) is 3.31.